The molecule has 7 nitrogen and oxygen atoms in total. The molecule has 1 aliphatic heterocycles. The van der Waals surface area contributed by atoms with Crippen LogP contribution in [-0.4, -0.2) is 37.0 Å². The van der Waals surface area contributed by atoms with E-state index in [1.54, 1.807) is 23.4 Å². The summed E-state index contributed by atoms with van der Waals surface area (Å²) < 4.78 is 30.3. The van der Waals surface area contributed by atoms with Crippen molar-refractivity contribution in [2.24, 2.45) is 0 Å². The summed E-state index contributed by atoms with van der Waals surface area (Å²) in [6, 6.07) is 1.77. The number of fused-ring (bicyclic) bond motifs is 1. The molecule has 0 saturated heterocycles. The van der Waals surface area contributed by atoms with E-state index < -0.39 is 10.0 Å². The molecule has 0 bridgehead atoms. The van der Waals surface area contributed by atoms with Crippen LogP contribution in [-0.2, 0) is 29.5 Å². The van der Waals surface area contributed by atoms with E-state index in [9.17, 15) is 13.2 Å². The minimum absolute atomic E-state index is 0.136. The Balaban J connectivity index is 1.79. The molecule has 3 rings (SSSR count). The standard InChI is InChI=1S/C16H19N3O4S/c1-11-4-6-23-15(11)16(20)19-5-3-14-12(9-18-24(2,21)22)7-17-8-13(14)10-19/h4,6-8,18H,3,5,9-10H2,1-2H3. The second kappa shape index (κ2) is 6.37. The van der Waals surface area contributed by atoms with E-state index in [1.807, 2.05) is 6.92 Å². The first-order valence-corrected chi connectivity index (χ1v) is 9.47. The van der Waals surface area contributed by atoms with Crippen LogP contribution >= 0.6 is 0 Å². The first-order chi connectivity index (χ1) is 11.3. The predicted molar refractivity (Wildman–Crippen MR) is 87.8 cm³/mol. The Labute approximate surface area is 140 Å². The summed E-state index contributed by atoms with van der Waals surface area (Å²) in [5.41, 5.74) is 3.65. The van der Waals surface area contributed by atoms with Crippen LogP contribution < -0.4 is 4.72 Å². The third kappa shape index (κ3) is 3.49. The Bertz CT molecular complexity index is 873. The molecular weight excluding hydrogens is 330 g/mol. The second-order valence-electron chi connectivity index (χ2n) is 5.94. The largest absolute Gasteiger partial charge is 0.459 e. The number of rotatable bonds is 4. The van der Waals surface area contributed by atoms with Gasteiger partial charge in [0.1, 0.15) is 0 Å². The van der Waals surface area contributed by atoms with Crippen LogP contribution in [0.25, 0.3) is 0 Å². The fourth-order valence-corrected chi connectivity index (χ4v) is 3.26. The lowest BCUT2D eigenvalue weighted by Crippen LogP contribution is -2.37. The molecule has 0 spiro atoms. The van der Waals surface area contributed by atoms with Crippen LogP contribution in [0.1, 0.15) is 32.8 Å². The van der Waals surface area contributed by atoms with Crippen molar-refractivity contribution >= 4 is 15.9 Å². The van der Waals surface area contributed by atoms with Crippen LogP contribution in [0.3, 0.4) is 0 Å². The van der Waals surface area contributed by atoms with Gasteiger partial charge in [0.2, 0.25) is 10.0 Å². The van der Waals surface area contributed by atoms with Crippen LogP contribution in [0.4, 0.5) is 0 Å². The molecule has 0 unspecified atom stereocenters. The first kappa shape index (κ1) is 16.7. The highest BCUT2D eigenvalue weighted by atomic mass is 32.2. The summed E-state index contributed by atoms with van der Waals surface area (Å²) in [6.07, 6.45) is 6.70. The van der Waals surface area contributed by atoms with Crippen LogP contribution in [0.15, 0.2) is 29.1 Å². The Morgan fingerprint density at radius 2 is 2.21 bits per heavy atom. The highest BCUT2D eigenvalue weighted by molar-refractivity contribution is 7.88. The first-order valence-electron chi connectivity index (χ1n) is 7.58. The third-order valence-electron chi connectivity index (χ3n) is 4.10. The maximum Gasteiger partial charge on any atom is 0.290 e. The van der Waals surface area contributed by atoms with Crippen molar-refractivity contribution in [3.63, 3.8) is 0 Å². The van der Waals surface area contributed by atoms with Crippen molar-refractivity contribution in [2.75, 3.05) is 12.8 Å². The van der Waals surface area contributed by atoms with E-state index in [0.717, 1.165) is 28.5 Å². The number of carbonyl (C=O) groups excluding carboxylic acids is 1. The third-order valence-corrected chi connectivity index (χ3v) is 4.77. The van der Waals surface area contributed by atoms with Gasteiger partial charge in [-0.25, -0.2) is 13.1 Å². The van der Waals surface area contributed by atoms with E-state index >= 15 is 0 Å². The number of carbonyl (C=O) groups is 1. The maximum atomic E-state index is 12.6. The number of nitrogens with one attached hydrogen (secondary N) is 1. The number of aryl methyl sites for hydroxylation is 1. The molecule has 2 aromatic rings. The lowest BCUT2D eigenvalue weighted by Gasteiger charge is -2.29. The van der Waals surface area contributed by atoms with E-state index in [1.165, 1.54) is 6.26 Å². The lowest BCUT2D eigenvalue weighted by atomic mass is 9.97. The van der Waals surface area contributed by atoms with Gasteiger partial charge in [0.25, 0.3) is 5.91 Å². The molecule has 1 aliphatic rings. The van der Waals surface area contributed by atoms with Crippen molar-refractivity contribution in [3.8, 4) is 0 Å². The predicted octanol–water partition coefficient (Wildman–Crippen LogP) is 1.23. The van der Waals surface area contributed by atoms with Crippen molar-refractivity contribution in [1.29, 1.82) is 0 Å². The molecule has 0 aliphatic carbocycles. The molecule has 0 fully saturated rings. The zero-order chi connectivity index (χ0) is 17.3. The molecule has 0 atom stereocenters. The lowest BCUT2D eigenvalue weighted by molar-refractivity contribution is 0.0701. The number of aromatic nitrogens is 1. The molecule has 1 amide bonds. The molecule has 8 heteroatoms. The highest BCUT2D eigenvalue weighted by Crippen LogP contribution is 2.24. The molecule has 0 radical (unpaired) electrons. The van der Waals surface area contributed by atoms with Gasteiger partial charge >= 0.3 is 0 Å². The molecule has 24 heavy (non-hydrogen) atoms. The number of hydrogen-bond donors (Lipinski definition) is 1. The molecule has 0 aromatic carbocycles. The highest BCUT2D eigenvalue weighted by Gasteiger charge is 2.26. The smallest absolute Gasteiger partial charge is 0.290 e. The monoisotopic (exact) mass is 349 g/mol. The van der Waals surface area contributed by atoms with Crippen molar-refractivity contribution in [1.82, 2.24) is 14.6 Å². The minimum atomic E-state index is -3.26. The van der Waals surface area contributed by atoms with Gasteiger partial charge in [-0.1, -0.05) is 0 Å². The van der Waals surface area contributed by atoms with E-state index in [-0.39, 0.29) is 12.5 Å². The van der Waals surface area contributed by atoms with Crippen molar-refractivity contribution < 1.29 is 17.6 Å². The number of amides is 1. The van der Waals surface area contributed by atoms with Gasteiger partial charge < -0.3 is 9.32 Å². The van der Waals surface area contributed by atoms with Gasteiger partial charge in [-0.3, -0.25) is 9.78 Å². The number of sulfonamides is 1. The van der Waals surface area contributed by atoms with E-state index in [4.69, 9.17) is 4.42 Å². The minimum Gasteiger partial charge on any atom is -0.459 e. The Hall–Kier alpha value is -2.19. The molecular formula is C16H19N3O4S. The SMILES string of the molecule is Cc1ccoc1C(=O)N1CCc2c(CNS(C)(=O)=O)cncc2C1. The molecule has 2 aromatic heterocycles. The maximum absolute atomic E-state index is 12.6. The van der Waals surface area contributed by atoms with Gasteiger partial charge in [-0.05, 0) is 36.1 Å². The van der Waals surface area contributed by atoms with Gasteiger partial charge in [-0.2, -0.15) is 0 Å². The second-order valence-corrected chi connectivity index (χ2v) is 7.77. The summed E-state index contributed by atoms with van der Waals surface area (Å²) in [6.45, 7) is 3.04. The van der Waals surface area contributed by atoms with Crippen molar-refractivity contribution in [3.05, 3.63) is 52.7 Å². The average molecular weight is 349 g/mol. The molecule has 128 valence electrons. The van der Waals surface area contributed by atoms with Gasteiger partial charge in [0.15, 0.2) is 5.76 Å². The fourth-order valence-electron chi connectivity index (χ4n) is 2.84. The molecule has 1 N–H and O–H groups in total. The quantitative estimate of drug-likeness (QED) is 0.896. The fraction of sp³-hybridized carbons (Fsp3) is 0.375. The Morgan fingerprint density at radius 1 is 1.42 bits per heavy atom. The Morgan fingerprint density at radius 3 is 2.88 bits per heavy atom. The van der Waals surface area contributed by atoms with Crippen LogP contribution in [0.5, 0.6) is 0 Å². The van der Waals surface area contributed by atoms with Crippen molar-refractivity contribution in [2.45, 2.75) is 26.4 Å². The summed E-state index contributed by atoms with van der Waals surface area (Å²) in [5.74, 6) is 0.226. The molecule has 0 saturated carbocycles. The van der Waals surface area contributed by atoms with Crippen LogP contribution in [0, 0.1) is 6.92 Å². The zero-order valence-corrected chi connectivity index (χ0v) is 14.4. The normalized spacial score (nSPS) is 14.5. The number of pyridine rings is 1. The number of nitrogens with zero attached hydrogens (tertiary/aromatic N) is 2. The van der Waals surface area contributed by atoms with Gasteiger partial charge in [-0.15, -0.1) is 0 Å². The van der Waals surface area contributed by atoms with Crippen LogP contribution in [0.2, 0.25) is 0 Å². The zero-order valence-electron chi connectivity index (χ0n) is 13.6. The number of hydrogen-bond acceptors (Lipinski definition) is 5. The average Bonchev–Trinajstić information content (AvgIpc) is 2.97. The van der Waals surface area contributed by atoms with Gasteiger partial charge in [0.05, 0.1) is 12.5 Å². The Kier molecular flexibility index (Phi) is 4.42. The van der Waals surface area contributed by atoms with E-state index in [2.05, 4.69) is 9.71 Å². The summed E-state index contributed by atoms with van der Waals surface area (Å²) in [4.78, 5) is 18.5. The summed E-state index contributed by atoms with van der Waals surface area (Å²) >= 11 is 0. The molecule has 3 heterocycles. The summed E-state index contributed by atoms with van der Waals surface area (Å²) in [7, 11) is -3.26. The van der Waals surface area contributed by atoms with Gasteiger partial charge in [0, 0.05) is 37.6 Å². The summed E-state index contributed by atoms with van der Waals surface area (Å²) in [5, 5.41) is 0. The van der Waals surface area contributed by atoms with E-state index in [0.29, 0.717) is 25.3 Å². The topological polar surface area (TPSA) is 92.5 Å². The number of furan rings is 1.